The Morgan fingerprint density at radius 2 is 1.75 bits per heavy atom. The quantitative estimate of drug-likeness (QED) is 0.624. The monoisotopic (exact) mass is 326 g/mol. The first kappa shape index (κ1) is 17.9. The lowest BCUT2D eigenvalue weighted by Gasteiger charge is -2.22. The third-order valence-electron chi connectivity index (χ3n) is 3.29. The van der Waals surface area contributed by atoms with Crippen LogP contribution in [-0.2, 0) is 19.9 Å². The molecular weight excluding hydrogens is 300 g/mol. The fourth-order valence-electron chi connectivity index (χ4n) is 2.13. The molecule has 0 unspecified atom stereocenters. The van der Waals surface area contributed by atoms with Gasteiger partial charge in [0, 0.05) is 12.1 Å². The van der Waals surface area contributed by atoms with Gasteiger partial charge in [0.2, 0.25) is 10.0 Å². The Hall–Kier alpha value is -0.180. The van der Waals surface area contributed by atoms with E-state index >= 15 is 0 Å². The molecule has 0 aromatic carbocycles. The van der Waals surface area contributed by atoms with Gasteiger partial charge in [0.1, 0.15) is 9.84 Å². The molecule has 20 heavy (non-hydrogen) atoms. The van der Waals surface area contributed by atoms with Crippen molar-refractivity contribution >= 4 is 19.9 Å². The molecule has 1 heterocycles. The van der Waals surface area contributed by atoms with Crippen molar-refractivity contribution in [3.63, 3.8) is 0 Å². The third kappa shape index (κ3) is 7.56. The first-order chi connectivity index (χ1) is 9.20. The van der Waals surface area contributed by atoms with Crippen LogP contribution in [0.2, 0.25) is 0 Å². The summed E-state index contributed by atoms with van der Waals surface area (Å²) in [6.07, 6.45) is 2.20. The predicted molar refractivity (Wildman–Crippen MR) is 81.0 cm³/mol. The molecule has 0 aromatic heterocycles. The van der Waals surface area contributed by atoms with Crippen LogP contribution in [0.5, 0.6) is 0 Å². The van der Waals surface area contributed by atoms with E-state index in [0.717, 1.165) is 13.0 Å². The maximum Gasteiger partial charge on any atom is 0.211 e. The van der Waals surface area contributed by atoms with Crippen molar-refractivity contribution in [2.75, 3.05) is 23.8 Å². The van der Waals surface area contributed by atoms with Gasteiger partial charge in [-0.3, -0.25) is 0 Å². The molecule has 0 aliphatic carbocycles. The van der Waals surface area contributed by atoms with Crippen LogP contribution >= 0.6 is 0 Å². The molecule has 1 aliphatic rings. The number of sulfonamides is 1. The van der Waals surface area contributed by atoms with Crippen molar-refractivity contribution in [3.8, 4) is 0 Å². The molecule has 0 aromatic rings. The summed E-state index contributed by atoms with van der Waals surface area (Å²) in [5, 5.41) is 3.24. The summed E-state index contributed by atoms with van der Waals surface area (Å²) in [5.74, 6) is 0.271. The first-order valence-electron chi connectivity index (χ1n) is 7.14. The van der Waals surface area contributed by atoms with Gasteiger partial charge in [-0.1, -0.05) is 13.8 Å². The average molecular weight is 326 g/mol. The largest absolute Gasteiger partial charge is 0.315 e. The first-order valence-corrected chi connectivity index (χ1v) is 10.6. The molecule has 1 saturated heterocycles. The molecular formula is C12H26N2O4S2. The van der Waals surface area contributed by atoms with E-state index < -0.39 is 19.9 Å². The van der Waals surface area contributed by atoms with Crippen LogP contribution in [0.3, 0.4) is 0 Å². The Morgan fingerprint density at radius 1 is 1.15 bits per heavy atom. The second-order valence-corrected chi connectivity index (χ2v) is 9.86. The molecule has 0 atom stereocenters. The summed E-state index contributed by atoms with van der Waals surface area (Å²) in [6, 6.07) is 0.186. The van der Waals surface area contributed by atoms with Crippen LogP contribution in [0.4, 0.5) is 0 Å². The summed E-state index contributed by atoms with van der Waals surface area (Å²) in [5.41, 5.74) is 0. The van der Waals surface area contributed by atoms with Crippen LogP contribution in [0.25, 0.3) is 0 Å². The van der Waals surface area contributed by atoms with Gasteiger partial charge in [0.05, 0.1) is 17.3 Å². The molecule has 0 amide bonds. The van der Waals surface area contributed by atoms with E-state index in [1.165, 1.54) is 0 Å². The highest BCUT2D eigenvalue weighted by atomic mass is 32.2. The summed E-state index contributed by atoms with van der Waals surface area (Å²) >= 11 is 0. The van der Waals surface area contributed by atoms with Crippen LogP contribution in [0.1, 0.15) is 39.5 Å². The van der Waals surface area contributed by atoms with Gasteiger partial charge in [-0.2, -0.15) is 0 Å². The maximum absolute atomic E-state index is 11.9. The summed E-state index contributed by atoms with van der Waals surface area (Å²) in [6.45, 7) is 4.92. The van der Waals surface area contributed by atoms with E-state index in [2.05, 4.69) is 23.9 Å². The Balaban J connectivity index is 2.25. The van der Waals surface area contributed by atoms with E-state index in [1.807, 2.05) is 0 Å². The van der Waals surface area contributed by atoms with E-state index in [1.54, 1.807) is 0 Å². The van der Waals surface area contributed by atoms with E-state index in [4.69, 9.17) is 0 Å². The normalized spacial score (nSPS) is 20.4. The lowest BCUT2D eigenvalue weighted by atomic mass is 10.2. The Labute approximate surface area is 122 Å². The van der Waals surface area contributed by atoms with Crippen LogP contribution in [0, 0.1) is 0 Å². The standard InChI is InChI=1S/C12H26N2O4S2/c1-11(2)13-7-3-4-8-20(17,18)14-12-5-9-19(15,16)10-6-12/h11-14H,3-10H2,1-2H3. The van der Waals surface area contributed by atoms with Gasteiger partial charge in [0.25, 0.3) is 0 Å². The van der Waals surface area contributed by atoms with Crippen LogP contribution in [0.15, 0.2) is 0 Å². The fraction of sp³-hybridized carbons (Fsp3) is 1.00. The summed E-state index contributed by atoms with van der Waals surface area (Å²) in [4.78, 5) is 0. The van der Waals surface area contributed by atoms with E-state index in [0.29, 0.717) is 25.3 Å². The number of sulfone groups is 1. The molecule has 1 rings (SSSR count). The molecule has 0 radical (unpaired) electrons. The topological polar surface area (TPSA) is 92.3 Å². The molecule has 2 N–H and O–H groups in total. The van der Waals surface area contributed by atoms with Crippen LogP contribution in [-0.4, -0.2) is 52.7 Å². The molecule has 120 valence electrons. The van der Waals surface area contributed by atoms with Gasteiger partial charge < -0.3 is 5.32 Å². The molecule has 0 bridgehead atoms. The second kappa shape index (κ2) is 7.72. The Bertz CT molecular complexity index is 472. The van der Waals surface area contributed by atoms with Crippen molar-refractivity contribution in [1.82, 2.24) is 10.0 Å². The fourth-order valence-corrected chi connectivity index (χ4v) is 5.07. The zero-order valence-electron chi connectivity index (χ0n) is 12.3. The Kier molecular flexibility index (Phi) is 6.90. The highest BCUT2D eigenvalue weighted by molar-refractivity contribution is 7.91. The van der Waals surface area contributed by atoms with Crippen LogP contribution < -0.4 is 10.0 Å². The zero-order chi connectivity index (χ0) is 15.2. The predicted octanol–water partition coefficient (Wildman–Crippen LogP) is 0.261. The molecule has 6 nitrogen and oxygen atoms in total. The zero-order valence-corrected chi connectivity index (χ0v) is 13.9. The number of nitrogens with one attached hydrogen (secondary N) is 2. The Morgan fingerprint density at radius 3 is 2.30 bits per heavy atom. The lowest BCUT2D eigenvalue weighted by molar-refractivity contribution is 0.503. The van der Waals surface area contributed by atoms with Crippen molar-refractivity contribution in [3.05, 3.63) is 0 Å². The maximum atomic E-state index is 11.9. The minimum absolute atomic E-state index is 0.0818. The molecule has 0 saturated carbocycles. The van der Waals surface area contributed by atoms with Gasteiger partial charge in [-0.25, -0.2) is 21.6 Å². The van der Waals surface area contributed by atoms with Gasteiger partial charge in [-0.05, 0) is 32.2 Å². The van der Waals surface area contributed by atoms with Gasteiger partial charge in [0.15, 0.2) is 0 Å². The minimum Gasteiger partial charge on any atom is -0.315 e. The van der Waals surface area contributed by atoms with Crippen molar-refractivity contribution in [2.45, 2.75) is 51.6 Å². The molecule has 1 fully saturated rings. The number of unbranched alkanes of at least 4 members (excludes halogenated alkanes) is 1. The summed E-state index contributed by atoms with van der Waals surface area (Å²) < 4.78 is 48.9. The minimum atomic E-state index is -3.29. The van der Waals surface area contributed by atoms with Crippen molar-refractivity contribution in [2.24, 2.45) is 0 Å². The number of hydrogen-bond donors (Lipinski definition) is 2. The highest BCUT2D eigenvalue weighted by Crippen LogP contribution is 2.13. The number of rotatable bonds is 8. The van der Waals surface area contributed by atoms with Crippen molar-refractivity contribution in [1.29, 1.82) is 0 Å². The SMILES string of the molecule is CC(C)NCCCCS(=O)(=O)NC1CCS(=O)(=O)CC1. The smallest absolute Gasteiger partial charge is 0.211 e. The van der Waals surface area contributed by atoms with E-state index in [-0.39, 0.29) is 23.3 Å². The lowest BCUT2D eigenvalue weighted by Crippen LogP contribution is -2.41. The van der Waals surface area contributed by atoms with E-state index in [9.17, 15) is 16.8 Å². The van der Waals surface area contributed by atoms with Crippen molar-refractivity contribution < 1.29 is 16.8 Å². The number of hydrogen-bond acceptors (Lipinski definition) is 5. The van der Waals surface area contributed by atoms with Gasteiger partial charge in [-0.15, -0.1) is 0 Å². The second-order valence-electron chi connectivity index (χ2n) is 5.68. The third-order valence-corrected chi connectivity index (χ3v) is 6.53. The average Bonchev–Trinajstić information content (AvgIpc) is 2.31. The van der Waals surface area contributed by atoms with Gasteiger partial charge >= 0.3 is 0 Å². The molecule has 1 aliphatic heterocycles. The highest BCUT2D eigenvalue weighted by Gasteiger charge is 2.26. The summed E-state index contributed by atoms with van der Waals surface area (Å²) in [7, 11) is -6.24. The molecule has 0 spiro atoms. The molecule has 8 heteroatoms.